The Balaban J connectivity index is 2.08. The molecule has 1 rings (SSSR count). The molecular formula is C13H25N3. The van der Waals surface area contributed by atoms with Gasteiger partial charge in [0, 0.05) is 18.9 Å². The van der Waals surface area contributed by atoms with Gasteiger partial charge in [-0.05, 0) is 31.3 Å². The van der Waals surface area contributed by atoms with E-state index in [1.165, 1.54) is 12.8 Å². The molecule has 0 saturated heterocycles. The standard InChI is InChI=1S/C13H25N3/c1-4-5-12(2)8-15-9-13(3)10-16-7-6-14-11-16/h6-7,11-13,15H,4-5,8-10H2,1-3H3. The quantitative estimate of drug-likeness (QED) is 0.734. The lowest BCUT2D eigenvalue weighted by atomic mass is 10.1. The molecule has 1 aromatic rings. The summed E-state index contributed by atoms with van der Waals surface area (Å²) < 4.78 is 2.14. The molecule has 16 heavy (non-hydrogen) atoms. The summed E-state index contributed by atoms with van der Waals surface area (Å²) in [5, 5.41) is 3.55. The smallest absolute Gasteiger partial charge is 0.0946 e. The molecule has 2 unspecified atom stereocenters. The van der Waals surface area contributed by atoms with Gasteiger partial charge in [-0.1, -0.05) is 27.2 Å². The van der Waals surface area contributed by atoms with Crippen molar-refractivity contribution in [1.82, 2.24) is 14.9 Å². The lowest BCUT2D eigenvalue weighted by Crippen LogP contribution is -2.27. The fraction of sp³-hybridized carbons (Fsp3) is 0.769. The molecule has 0 aliphatic rings. The fourth-order valence-corrected chi connectivity index (χ4v) is 1.99. The Morgan fingerprint density at radius 2 is 2.00 bits per heavy atom. The second-order valence-corrected chi connectivity index (χ2v) is 4.92. The van der Waals surface area contributed by atoms with Gasteiger partial charge < -0.3 is 9.88 Å². The molecule has 3 heteroatoms. The van der Waals surface area contributed by atoms with Crippen molar-refractivity contribution in [2.75, 3.05) is 13.1 Å². The Morgan fingerprint density at radius 1 is 1.25 bits per heavy atom. The molecule has 2 atom stereocenters. The third kappa shape index (κ3) is 5.31. The van der Waals surface area contributed by atoms with Gasteiger partial charge in [0.2, 0.25) is 0 Å². The molecule has 92 valence electrons. The van der Waals surface area contributed by atoms with Crippen molar-refractivity contribution >= 4 is 0 Å². The number of hydrogen-bond donors (Lipinski definition) is 1. The van der Waals surface area contributed by atoms with Gasteiger partial charge >= 0.3 is 0 Å². The van der Waals surface area contributed by atoms with Crippen molar-refractivity contribution in [2.24, 2.45) is 11.8 Å². The molecule has 0 radical (unpaired) electrons. The summed E-state index contributed by atoms with van der Waals surface area (Å²) in [5.41, 5.74) is 0. The van der Waals surface area contributed by atoms with E-state index in [1.807, 2.05) is 18.7 Å². The molecule has 0 aliphatic carbocycles. The maximum absolute atomic E-state index is 4.05. The summed E-state index contributed by atoms with van der Waals surface area (Å²) in [7, 11) is 0. The predicted molar refractivity (Wildman–Crippen MR) is 68.3 cm³/mol. The summed E-state index contributed by atoms with van der Waals surface area (Å²) in [4.78, 5) is 4.05. The van der Waals surface area contributed by atoms with E-state index in [2.05, 4.69) is 35.6 Å². The molecule has 0 aromatic carbocycles. The van der Waals surface area contributed by atoms with Gasteiger partial charge in [-0.3, -0.25) is 0 Å². The number of imidazole rings is 1. The Labute approximate surface area is 99.3 Å². The Morgan fingerprint density at radius 3 is 2.62 bits per heavy atom. The van der Waals surface area contributed by atoms with Crippen molar-refractivity contribution in [2.45, 2.75) is 40.2 Å². The summed E-state index contributed by atoms with van der Waals surface area (Å²) in [6, 6.07) is 0. The zero-order chi connectivity index (χ0) is 11.8. The molecule has 3 nitrogen and oxygen atoms in total. The van der Waals surface area contributed by atoms with Gasteiger partial charge in [0.05, 0.1) is 6.33 Å². The Hall–Kier alpha value is -0.830. The number of rotatable bonds is 8. The minimum Gasteiger partial charge on any atom is -0.337 e. The Bertz CT molecular complexity index is 256. The number of nitrogens with zero attached hydrogens (tertiary/aromatic N) is 2. The summed E-state index contributed by atoms with van der Waals surface area (Å²) >= 11 is 0. The maximum Gasteiger partial charge on any atom is 0.0946 e. The Kier molecular flexibility index (Phi) is 6.16. The molecule has 0 saturated carbocycles. The molecule has 0 fully saturated rings. The molecule has 1 heterocycles. The minimum absolute atomic E-state index is 0.656. The van der Waals surface area contributed by atoms with Crippen molar-refractivity contribution < 1.29 is 0 Å². The van der Waals surface area contributed by atoms with E-state index in [4.69, 9.17) is 0 Å². The van der Waals surface area contributed by atoms with Crippen LogP contribution in [-0.2, 0) is 6.54 Å². The van der Waals surface area contributed by atoms with Crippen molar-refractivity contribution in [3.63, 3.8) is 0 Å². The van der Waals surface area contributed by atoms with Crippen LogP contribution in [0.3, 0.4) is 0 Å². The summed E-state index contributed by atoms with van der Waals surface area (Å²) in [6.45, 7) is 10.1. The second-order valence-electron chi connectivity index (χ2n) is 4.92. The highest BCUT2D eigenvalue weighted by molar-refractivity contribution is 4.75. The first-order valence-electron chi connectivity index (χ1n) is 6.38. The van der Waals surface area contributed by atoms with Crippen LogP contribution >= 0.6 is 0 Å². The van der Waals surface area contributed by atoms with E-state index in [1.54, 1.807) is 0 Å². The second kappa shape index (κ2) is 7.44. The average molecular weight is 223 g/mol. The SMILES string of the molecule is CCCC(C)CNCC(C)Cn1ccnc1. The third-order valence-corrected chi connectivity index (χ3v) is 2.85. The first kappa shape index (κ1) is 13.2. The topological polar surface area (TPSA) is 29.9 Å². The minimum atomic E-state index is 0.656. The summed E-state index contributed by atoms with van der Waals surface area (Å²) in [6.07, 6.45) is 8.35. The molecule has 1 N–H and O–H groups in total. The van der Waals surface area contributed by atoms with E-state index in [0.717, 1.165) is 25.6 Å². The molecule has 0 spiro atoms. The zero-order valence-corrected chi connectivity index (χ0v) is 10.8. The largest absolute Gasteiger partial charge is 0.337 e. The van der Waals surface area contributed by atoms with Crippen molar-refractivity contribution in [3.8, 4) is 0 Å². The predicted octanol–water partition coefficient (Wildman–Crippen LogP) is 2.55. The van der Waals surface area contributed by atoms with Crippen LogP contribution in [0.5, 0.6) is 0 Å². The van der Waals surface area contributed by atoms with Gasteiger partial charge in [0.25, 0.3) is 0 Å². The van der Waals surface area contributed by atoms with Gasteiger partial charge in [-0.2, -0.15) is 0 Å². The van der Waals surface area contributed by atoms with Crippen LogP contribution in [0, 0.1) is 11.8 Å². The fourth-order valence-electron chi connectivity index (χ4n) is 1.99. The van der Waals surface area contributed by atoms with Crippen LogP contribution in [0.15, 0.2) is 18.7 Å². The van der Waals surface area contributed by atoms with Gasteiger partial charge in [-0.15, -0.1) is 0 Å². The van der Waals surface area contributed by atoms with Crippen molar-refractivity contribution in [3.05, 3.63) is 18.7 Å². The van der Waals surface area contributed by atoms with Crippen LogP contribution in [-0.4, -0.2) is 22.6 Å². The first-order valence-corrected chi connectivity index (χ1v) is 6.38. The first-order chi connectivity index (χ1) is 7.72. The van der Waals surface area contributed by atoms with Crippen LogP contribution in [0.2, 0.25) is 0 Å². The summed E-state index contributed by atoms with van der Waals surface area (Å²) in [5.74, 6) is 1.45. The van der Waals surface area contributed by atoms with Crippen LogP contribution in [0.25, 0.3) is 0 Å². The number of nitrogens with one attached hydrogen (secondary N) is 1. The van der Waals surface area contributed by atoms with Gasteiger partial charge in [-0.25, -0.2) is 4.98 Å². The van der Waals surface area contributed by atoms with Crippen LogP contribution < -0.4 is 5.32 Å². The van der Waals surface area contributed by atoms with Gasteiger partial charge in [0.1, 0.15) is 0 Å². The van der Waals surface area contributed by atoms with E-state index >= 15 is 0 Å². The molecule has 1 aromatic heterocycles. The number of hydrogen-bond acceptors (Lipinski definition) is 2. The highest BCUT2D eigenvalue weighted by Crippen LogP contribution is 2.04. The van der Waals surface area contributed by atoms with E-state index in [-0.39, 0.29) is 0 Å². The maximum atomic E-state index is 4.05. The lowest BCUT2D eigenvalue weighted by Gasteiger charge is -2.15. The normalized spacial score (nSPS) is 14.9. The monoisotopic (exact) mass is 223 g/mol. The molecule has 0 aliphatic heterocycles. The van der Waals surface area contributed by atoms with Crippen LogP contribution in [0.4, 0.5) is 0 Å². The van der Waals surface area contributed by atoms with Crippen LogP contribution in [0.1, 0.15) is 33.6 Å². The van der Waals surface area contributed by atoms with Crippen molar-refractivity contribution in [1.29, 1.82) is 0 Å². The highest BCUT2D eigenvalue weighted by Gasteiger charge is 2.04. The molecule has 0 bridgehead atoms. The molecular weight excluding hydrogens is 198 g/mol. The average Bonchev–Trinajstić information content (AvgIpc) is 2.70. The molecule has 0 amide bonds. The van der Waals surface area contributed by atoms with E-state index in [0.29, 0.717) is 5.92 Å². The van der Waals surface area contributed by atoms with E-state index < -0.39 is 0 Å². The highest BCUT2D eigenvalue weighted by atomic mass is 15.0. The zero-order valence-electron chi connectivity index (χ0n) is 10.8. The van der Waals surface area contributed by atoms with Gasteiger partial charge in [0.15, 0.2) is 0 Å². The third-order valence-electron chi connectivity index (χ3n) is 2.85. The number of aromatic nitrogens is 2. The lowest BCUT2D eigenvalue weighted by molar-refractivity contribution is 0.409. The van der Waals surface area contributed by atoms with E-state index in [9.17, 15) is 0 Å².